The Bertz CT molecular complexity index is 627. The minimum atomic E-state index is -0.452. The van der Waals surface area contributed by atoms with Crippen LogP contribution >= 0.6 is 11.3 Å². The number of hydrogen-bond donors (Lipinski definition) is 0. The van der Waals surface area contributed by atoms with Crippen LogP contribution in [-0.2, 0) is 6.67 Å². The van der Waals surface area contributed by atoms with Crippen molar-refractivity contribution in [2.24, 2.45) is 0 Å². The Morgan fingerprint density at radius 2 is 1.76 bits per heavy atom. The van der Waals surface area contributed by atoms with Crippen molar-refractivity contribution in [2.75, 3.05) is 0 Å². The van der Waals surface area contributed by atoms with E-state index in [0.717, 1.165) is 20.8 Å². The van der Waals surface area contributed by atoms with Crippen LogP contribution < -0.4 is 0 Å². The number of benzene rings is 2. The highest BCUT2D eigenvalue weighted by Crippen LogP contribution is 2.32. The molecule has 0 aliphatic heterocycles. The van der Waals surface area contributed by atoms with E-state index in [9.17, 15) is 4.39 Å². The third-order valence-electron chi connectivity index (χ3n) is 2.69. The van der Waals surface area contributed by atoms with Crippen LogP contribution in [0.25, 0.3) is 20.8 Å². The fourth-order valence-electron chi connectivity index (χ4n) is 1.83. The van der Waals surface area contributed by atoms with E-state index in [0.29, 0.717) is 5.56 Å². The highest BCUT2D eigenvalue weighted by molar-refractivity contribution is 7.21. The number of rotatable bonds is 2. The van der Waals surface area contributed by atoms with Gasteiger partial charge in [0.25, 0.3) is 0 Å². The van der Waals surface area contributed by atoms with Gasteiger partial charge in [-0.25, -0.2) is 9.37 Å². The van der Waals surface area contributed by atoms with E-state index in [1.807, 2.05) is 42.5 Å². The van der Waals surface area contributed by atoms with Crippen molar-refractivity contribution in [1.29, 1.82) is 0 Å². The van der Waals surface area contributed by atoms with Gasteiger partial charge in [0.2, 0.25) is 0 Å². The molecule has 0 radical (unpaired) electrons. The topological polar surface area (TPSA) is 12.9 Å². The maximum atomic E-state index is 12.9. The van der Waals surface area contributed by atoms with Gasteiger partial charge in [0.1, 0.15) is 11.7 Å². The SMILES string of the molecule is FCc1ccccc1-c1nc2ccccc2s1. The summed E-state index contributed by atoms with van der Waals surface area (Å²) in [6.45, 7) is -0.452. The van der Waals surface area contributed by atoms with E-state index in [1.165, 1.54) is 0 Å². The second kappa shape index (κ2) is 4.26. The van der Waals surface area contributed by atoms with E-state index >= 15 is 0 Å². The Morgan fingerprint density at radius 1 is 1.00 bits per heavy atom. The van der Waals surface area contributed by atoms with Gasteiger partial charge >= 0.3 is 0 Å². The van der Waals surface area contributed by atoms with Crippen molar-refractivity contribution in [1.82, 2.24) is 4.98 Å². The maximum Gasteiger partial charge on any atom is 0.124 e. The largest absolute Gasteiger partial charge is 0.246 e. The van der Waals surface area contributed by atoms with Crippen LogP contribution in [0.5, 0.6) is 0 Å². The van der Waals surface area contributed by atoms with Crippen molar-refractivity contribution < 1.29 is 4.39 Å². The molecule has 3 aromatic rings. The van der Waals surface area contributed by atoms with Crippen LogP contribution in [0.15, 0.2) is 48.5 Å². The summed E-state index contributed by atoms with van der Waals surface area (Å²) in [5, 5.41) is 0.888. The summed E-state index contributed by atoms with van der Waals surface area (Å²) in [5.41, 5.74) is 2.57. The summed E-state index contributed by atoms with van der Waals surface area (Å²) in [7, 11) is 0. The first-order valence-corrected chi connectivity index (χ1v) is 6.20. The minimum absolute atomic E-state index is 0.452. The zero-order chi connectivity index (χ0) is 11.7. The van der Waals surface area contributed by atoms with Crippen LogP contribution in [0.2, 0.25) is 0 Å². The van der Waals surface area contributed by atoms with E-state index in [1.54, 1.807) is 17.4 Å². The first kappa shape index (κ1) is 10.4. The molecule has 0 fully saturated rings. The number of fused-ring (bicyclic) bond motifs is 1. The Balaban J connectivity index is 2.20. The predicted octanol–water partition coefficient (Wildman–Crippen LogP) is 4.43. The normalized spacial score (nSPS) is 10.9. The molecule has 0 saturated heterocycles. The lowest BCUT2D eigenvalue weighted by Gasteiger charge is -2.01. The molecule has 0 atom stereocenters. The van der Waals surface area contributed by atoms with Crippen LogP contribution in [0.4, 0.5) is 4.39 Å². The number of hydrogen-bond acceptors (Lipinski definition) is 2. The summed E-state index contributed by atoms with van der Waals surface area (Å²) < 4.78 is 14.0. The smallest absolute Gasteiger partial charge is 0.124 e. The number of thiazole rings is 1. The number of aromatic nitrogens is 1. The van der Waals surface area contributed by atoms with Crippen LogP contribution in [0.3, 0.4) is 0 Å². The third kappa shape index (κ3) is 1.83. The summed E-state index contributed by atoms with van der Waals surface area (Å²) in [5.74, 6) is 0. The van der Waals surface area contributed by atoms with Gasteiger partial charge in [0.05, 0.1) is 10.2 Å². The van der Waals surface area contributed by atoms with Gasteiger partial charge in [-0.05, 0) is 17.7 Å². The van der Waals surface area contributed by atoms with Gasteiger partial charge in [-0.15, -0.1) is 11.3 Å². The van der Waals surface area contributed by atoms with Gasteiger partial charge in [0.15, 0.2) is 0 Å². The Kier molecular flexibility index (Phi) is 2.61. The van der Waals surface area contributed by atoms with Gasteiger partial charge in [-0.2, -0.15) is 0 Å². The van der Waals surface area contributed by atoms with Crippen molar-refractivity contribution >= 4 is 21.6 Å². The van der Waals surface area contributed by atoms with Crippen LogP contribution in [0.1, 0.15) is 5.56 Å². The second-order valence-electron chi connectivity index (χ2n) is 3.78. The van der Waals surface area contributed by atoms with Gasteiger partial charge in [-0.3, -0.25) is 0 Å². The molecule has 0 amide bonds. The van der Waals surface area contributed by atoms with Crippen LogP contribution in [-0.4, -0.2) is 4.98 Å². The number of para-hydroxylation sites is 1. The Morgan fingerprint density at radius 3 is 2.59 bits per heavy atom. The molecular formula is C14H10FNS. The minimum Gasteiger partial charge on any atom is -0.246 e. The standard InChI is InChI=1S/C14H10FNS/c15-9-10-5-1-2-6-11(10)14-16-12-7-3-4-8-13(12)17-14/h1-8H,9H2. The summed E-state index contributed by atoms with van der Waals surface area (Å²) in [6, 6.07) is 15.5. The van der Waals surface area contributed by atoms with Crippen molar-refractivity contribution in [3.05, 3.63) is 54.1 Å². The van der Waals surface area contributed by atoms with E-state index in [4.69, 9.17) is 0 Å². The van der Waals surface area contributed by atoms with E-state index < -0.39 is 6.67 Å². The molecule has 1 nitrogen and oxygen atoms in total. The summed E-state index contributed by atoms with van der Waals surface area (Å²) >= 11 is 1.60. The van der Waals surface area contributed by atoms with Gasteiger partial charge in [-0.1, -0.05) is 36.4 Å². The number of nitrogens with zero attached hydrogens (tertiary/aromatic N) is 1. The lowest BCUT2D eigenvalue weighted by Crippen LogP contribution is -1.84. The molecule has 0 aliphatic carbocycles. The lowest BCUT2D eigenvalue weighted by atomic mass is 10.1. The van der Waals surface area contributed by atoms with Gasteiger partial charge < -0.3 is 0 Å². The molecule has 84 valence electrons. The van der Waals surface area contributed by atoms with Crippen molar-refractivity contribution in [3.63, 3.8) is 0 Å². The first-order valence-electron chi connectivity index (χ1n) is 5.38. The van der Waals surface area contributed by atoms with Crippen molar-refractivity contribution in [3.8, 4) is 10.6 Å². The molecule has 0 saturated carbocycles. The summed E-state index contributed by atoms with van der Waals surface area (Å²) in [4.78, 5) is 4.54. The molecule has 3 rings (SSSR count). The molecule has 0 unspecified atom stereocenters. The Hall–Kier alpha value is -1.74. The van der Waals surface area contributed by atoms with Gasteiger partial charge in [0, 0.05) is 5.56 Å². The molecule has 3 heteroatoms. The average molecular weight is 243 g/mol. The second-order valence-corrected chi connectivity index (χ2v) is 4.81. The molecule has 17 heavy (non-hydrogen) atoms. The predicted molar refractivity (Wildman–Crippen MR) is 69.9 cm³/mol. The molecule has 1 aromatic heterocycles. The van der Waals surface area contributed by atoms with Crippen molar-refractivity contribution in [2.45, 2.75) is 6.67 Å². The molecule has 1 heterocycles. The van der Waals surface area contributed by atoms with E-state index in [2.05, 4.69) is 4.98 Å². The zero-order valence-corrected chi connectivity index (χ0v) is 9.88. The third-order valence-corrected chi connectivity index (χ3v) is 3.76. The first-order chi connectivity index (χ1) is 8.38. The van der Waals surface area contributed by atoms with E-state index in [-0.39, 0.29) is 0 Å². The number of halogens is 1. The lowest BCUT2D eigenvalue weighted by molar-refractivity contribution is 0.486. The molecular weight excluding hydrogens is 233 g/mol. The molecule has 0 spiro atoms. The monoisotopic (exact) mass is 243 g/mol. The Labute approximate surface area is 103 Å². The zero-order valence-electron chi connectivity index (χ0n) is 9.06. The molecule has 0 aliphatic rings. The average Bonchev–Trinajstić information content (AvgIpc) is 2.82. The highest BCUT2D eigenvalue weighted by Gasteiger charge is 2.09. The fourth-order valence-corrected chi connectivity index (χ4v) is 2.86. The molecule has 2 aromatic carbocycles. The molecule has 0 N–H and O–H groups in total. The van der Waals surface area contributed by atoms with Crippen LogP contribution in [0, 0.1) is 0 Å². The fraction of sp³-hybridized carbons (Fsp3) is 0.0714. The highest BCUT2D eigenvalue weighted by atomic mass is 32.1. The number of alkyl halides is 1. The quantitative estimate of drug-likeness (QED) is 0.648. The summed E-state index contributed by atoms with van der Waals surface area (Å²) in [6.07, 6.45) is 0. The molecule has 0 bridgehead atoms. The maximum absolute atomic E-state index is 12.9.